The Morgan fingerprint density at radius 1 is 1.10 bits per heavy atom. The van der Waals surface area contributed by atoms with Gasteiger partial charge >= 0.3 is 0 Å². The van der Waals surface area contributed by atoms with Gasteiger partial charge < -0.3 is 5.73 Å². The number of hydrogen-bond donors (Lipinski definition) is 2. The van der Waals surface area contributed by atoms with Gasteiger partial charge in [0.05, 0.1) is 11.4 Å². The molecule has 0 bridgehead atoms. The van der Waals surface area contributed by atoms with Crippen LogP contribution in [0.3, 0.4) is 0 Å². The molecule has 0 radical (unpaired) electrons. The molecule has 0 aromatic heterocycles. The van der Waals surface area contributed by atoms with E-state index in [1.165, 1.54) is 6.07 Å². The molecule has 4 nitrogen and oxygen atoms in total. The van der Waals surface area contributed by atoms with Gasteiger partial charge in [-0.2, -0.15) is 0 Å². The summed E-state index contributed by atoms with van der Waals surface area (Å²) >= 11 is 6.54. The van der Waals surface area contributed by atoms with Crippen molar-refractivity contribution in [1.82, 2.24) is 0 Å². The van der Waals surface area contributed by atoms with Crippen LogP contribution in [0.4, 0.5) is 11.4 Å². The molecule has 0 aliphatic rings. The van der Waals surface area contributed by atoms with E-state index < -0.39 is 10.0 Å². The fourth-order valence-corrected chi connectivity index (χ4v) is 4.50. The lowest BCUT2D eigenvalue weighted by atomic mass is 10.1. The number of sulfonamides is 1. The van der Waals surface area contributed by atoms with E-state index in [1.807, 2.05) is 19.9 Å². The molecular weight excluding hydrogens is 420 g/mol. The van der Waals surface area contributed by atoms with E-state index in [2.05, 4.69) is 36.6 Å². The lowest BCUT2D eigenvalue weighted by molar-refractivity contribution is 0.600. The van der Waals surface area contributed by atoms with E-state index in [-0.39, 0.29) is 4.90 Å². The van der Waals surface area contributed by atoms with Crippen molar-refractivity contribution in [2.24, 2.45) is 0 Å². The molecule has 0 aliphatic heterocycles. The van der Waals surface area contributed by atoms with E-state index in [1.54, 1.807) is 18.2 Å². The topological polar surface area (TPSA) is 72.2 Å². The molecule has 21 heavy (non-hydrogen) atoms. The predicted molar refractivity (Wildman–Crippen MR) is 93.0 cm³/mol. The summed E-state index contributed by atoms with van der Waals surface area (Å²) in [5.74, 6) is 0. The third-order valence-electron chi connectivity index (χ3n) is 3.19. The SMILES string of the molecule is Cc1ccc(N)c(NS(=O)(=O)c2cc(Br)ccc2Br)c1C. The molecule has 7 heteroatoms. The van der Waals surface area contributed by atoms with Crippen LogP contribution in [0.25, 0.3) is 0 Å². The first-order valence-electron chi connectivity index (χ1n) is 6.06. The van der Waals surface area contributed by atoms with Gasteiger partial charge in [-0.05, 0) is 65.2 Å². The van der Waals surface area contributed by atoms with Crippen molar-refractivity contribution in [3.63, 3.8) is 0 Å². The maximum absolute atomic E-state index is 12.6. The summed E-state index contributed by atoms with van der Waals surface area (Å²) in [6, 6.07) is 8.52. The minimum absolute atomic E-state index is 0.150. The molecule has 3 N–H and O–H groups in total. The molecule has 0 spiro atoms. The Kier molecular flexibility index (Phi) is 4.65. The molecule has 2 aromatic carbocycles. The smallest absolute Gasteiger partial charge is 0.263 e. The predicted octanol–water partition coefficient (Wildman–Crippen LogP) is 4.21. The average Bonchev–Trinajstić information content (AvgIpc) is 2.42. The van der Waals surface area contributed by atoms with E-state index >= 15 is 0 Å². The van der Waals surface area contributed by atoms with Gasteiger partial charge in [-0.3, -0.25) is 4.72 Å². The summed E-state index contributed by atoms with van der Waals surface area (Å²) < 4.78 is 28.9. The number of aryl methyl sites for hydroxylation is 1. The minimum atomic E-state index is -3.74. The van der Waals surface area contributed by atoms with Crippen LogP contribution in [0, 0.1) is 13.8 Å². The van der Waals surface area contributed by atoms with Gasteiger partial charge in [0.2, 0.25) is 0 Å². The fraction of sp³-hybridized carbons (Fsp3) is 0.143. The number of benzene rings is 2. The van der Waals surface area contributed by atoms with Gasteiger partial charge in [-0.15, -0.1) is 0 Å². The van der Waals surface area contributed by atoms with E-state index in [4.69, 9.17) is 5.73 Å². The summed E-state index contributed by atoms with van der Waals surface area (Å²) in [7, 11) is -3.74. The third kappa shape index (κ3) is 3.41. The summed E-state index contributed by atoms with van der Waals surface area (Å²) in [5, 5.41) is 0. The van der Waals surface area contributed by atoms with E-state index in [0.717, 1.165) is 11.1 Å². The van der Waals surface area contributed by atoms with Crippen LogP contribution in [0.15, 0.2) is 44.2 Å². The maximum Gasteiger partial charge on any atom is 0.263 e. The highest BCUT2D eigenvalue weighted by Crippen LogP contribution is 2.31. The van der Waals surface area contributed by atoms with Crippen molar-refractivity contribution in [3.05, 3.63) is 50.4 Å². The van der Waals surface area contributed by atoms with Gasteiger partial charge in [-0.25, -0.2) is 8.42 Å². The first-order chi connectivity index (χ1) is 9.72. The van der Waals surface area contributed by atoms with Gasteiger partial charge in [-0.1, -0.05) is 22.0 Å². The monoisotopic (exact) mass is 432 g/mol. The van der Waals surface area contributed by atoms with Crippen LogP contribution in [0.2, 0.25) is 0 Å². The van der Waals surface area contributed by atoms with Crippen LogP contribution in [0.1, 0.15) is 11.1 Å². The van der Waals surface area contributed by atoms with Crippen molar-refractivity contribution in [2.75, 3.05) is 10.5 Å². The molecule has 0 saturated heterocycles. The van der Waals surface area contributed by atoms with Gasteiger partial charge in [0.1, 0.15) is 4.90 Å². The maximum atomic E-state index is 12.6. The number of nitrogens with one attached hydrogen (secondary N) is 1. The number of rotatable bonds is 3. The lowest BCUT2D eigenvalue weighted by Crippen LogP contribution is -2.16. The zero-order valence-electron chi connectivity index (χ0n) is 11.4. The van der Waals surface area contributed by atoms with Crippen LogP contribution >= 0.6 is 31.9 Å². The Balaban J connectivity index is 2.53. The summed E-state index contributed by atoms with van der Waals surface area (Å²) in [4.78, 5) is 0.150. The van der Waals surface area contributed by atoms with Gasteiger partial charge in [0.15, 0.2) is 0 Å². The molecule has 0 fully saturated rings. The quantitative estimate of drug-likeness (QED) is 0.712. The summed E-state index contributed by atoms with van der Waals surface area (Å²) in [6.45, 7) is 3.74. The summed E-state index contributed by atoms with van der Waals surface area (Å²) in [6.07, 6.45) is 0. The molecule has 2 aromatic rings. The molecule has 0 aliphatic carbocycles. The molecule has 112 valence electrons. The number of anilines is 2. The van der Waals surface area contributed by atoms with E-state index in [9.17, 15) is 8.42 Å². The minimum Gasteiger partial charge on any atom is -0.397 e. The normalized spacial score (nSPS) is 11.4. The summed E-state index contributed by atoms with van der Waals surface area (Å²) in [5.41, 5.74) is 8.49. The molecule has 0 saturated carbocycles. The van der Waals surface area contributed by atoms with Crippen molar-refractivity contribution >= 4 is 53.3 Å². The molecule has 2 rings (SSSR count). The standard InChI is InChI=1S/C14H14Br2N2O2S/c1-8-3-6-12(17)14(9(8)2)18-21(19,20)13-7-10(15)4-5-11(13)16/h3-7,18H,17H2,1-2H3. The number of nitrogens with two attached hydrogens (primary N) is 1. The molecule has 0 amide bonds. The largest absolute Gasteiger partial charge is 0.397 e. The first-order valence-corrected chi connectivity index (χ1v) is 9.13. The highest BCUT2D eigenvalue weighted by Gasteiger charge is 2.20. The zero-order valence-corrected chi connectivity index (χ0v) is 15.4. The number of halogens is 2. The van der Waals surface area contributed by atoms with Crippen molar-refractivity contribution in [1.29, 1.82) is 0 Å². The van der Waals surface area contributed by atoms with Crippen LogP contribution in [-0.2, 0) is 10.0 Å². The first kappa shape index (κ1) is 16.3. The Labute approximate surface area is 141 Å². The second kappa shape index (κ2) is 5.98. The highest BCUT2D eigenvalue weighted by atomic mass is 79.9. The highest BCUT2D eigenvalue weighted by molar-refractivity contribution is 9.11. The van der Waals surface area contributed by atoms with Crippen LogP contribution < -0.4 is 10.5 Å². The lowest BCUT2D eigenvalue weighted by Gasteiger charge is -2.15. The number of hydrogen-bond acceptors (Lipinski definition) is 3. The Morgan fingerprint density at radius 3 is 2.43 bits per heavy atom. The Morgan fingerprint density at radius 2 is 1.76 bits per heavy atom. The average molecular weight is 434 g/mol. The van der Waals surface area contributed by atoms with Gasteiger partial charge in [0.25, 0.3) is 10.0 Å². The molecular formula is C14H14Br2N2O2S. The number of nitrogen functional groups attached to an aromatic ring is 1. The van der Waals surface area contributed by atoms with Crippen molar-refractivity contribution in [2.45, 2.75) is 18.7 Å². The van der Waals surface area contributed by atoms with Crippen molar-refractivity contribution in [3.8, 4) is 0 Å². The van der Waals surface area contributed by atoms with Crippen LogP contribution in [-0.4, -0.2) is 8.42 Å². The van der Waals surface area contributed by atoms with Gasteiger partial charge in [0, 0.05) is 8.95 Å². The second-order valence-corrected chi connectivity index (χ2v) is 8.07. The fourth-order valence-electron chi connectivity index (χ4n) is 1.84. The Bertz CT molecular complexity index is 805. The third-order valence-corrected chi connectivity index (χ3v) is 6.02. The zero-order chi connectivity index (χ0) is 15.8. The molecule has 0 heterocycles. The molecule has 0 unspecified atom stereocenters. The second-order valence-electron chi connectivity index (χ2n) is 4.65. The Hall–Kier alpha value is -1.05. The van der Waals surface area contributed by atoms with E-state index in [0.29, 0.717) is 20.3 Å². The molecule has 0 atom stereocenters. The van der Waals surface area contributed by atoms with Crippen LogP contribution in [0.5, 0.6) is 0 Å². The van der Waals surface area contributed by atoms with Crippen molar-refractivity contribution < 1.29 is 8.42 Å².